The van der Waals surface area contributed by atoms with E-state index < -0.39 is 17.8 Å². The van der Waals surface area contributed by atoms with E-state index in [4.69, 9.17) is 15.2 Å². The Morgan fingerprint density at radius 2 is 1.92 bits per heavy atom. The van der Waals surface area contributed by atoms with E-state index in [0.29, 0.717) is 5.69 Å². The van der Waals surface area contributed by atoms with Crippen molar-refractivity contribution in [2.75, 3.05) is 19.4 Å². The maximum absolute atomic E-state index is 12.2. The third-order valence-electron chi connectivity index (χ3n) is 3.28. The molecule has 0 unspecified atom stereocenters. The first-order valence-electron chi connectivity index (χ1n) is 7.65. The number of hydrogen-bond acceptors (Lipinski definition) is 9. The van der Waals surface area contributed by atoms with Crippen molar-refractivity contribution in [3.63, 3.8) is 0 Å². The molecular formula is C16H18N4O5S. The van der Waals surface area contributed by atoms with Gasteiger partial charge in [0.25, 0.3) is 5.91 Å². The fraction of sp³-hybridized carbons (Fsp3) is 0.312. The van der Waals surface area contributed by atoms with Crippen LogP contribution in [-0.2, 0) is 16.1 Å². The minimum absolute atomic E-state index is 0.0120. The van der Waals surface area contributed by atoms with E-state index in [1.165, 1.54) is 19.4 Å². The molecule has 0 radical (unpaired) electrons. The Balaban J connectivity index is 2.30. The molecule has 0 aromatic carbocycles. The van der Waals surface area contributed by atoms with Crippen LogP contribution in [-0.4, -0.2) is 41.5 Å². The van der Waals surface area contributed by atoms with Crippen LogP contribution < -0.4 is 11.1 Å². The molecule has 0 atom stereocenters. The van der Waals surface area contributed by atoms with Crippen LogP contribution in [0.5, 0.6) is 0 Å². The van der Waals surface area contributed by atoms with E-state index in [2.05, 4.69) is 15.3 Å². The topological polar surface area (TPSA) is 134 Å². The summed E-state index contributed by atoms with van der Waals surface area (Å²) in [5, 5.41) is 2.57. The molecule has 0 spiro atoms. The van der Waals surface area contributed by atoms with Crippen LogP contribution in [0.15, 0.2) is 12.4 Å². The number of ether oxygens (including phenoxy) is 2. The monoisotopic (exact) mass is 378 g/mol. The summed E-state index contributed by atoms with van der Waals surface area (Å²) in [5.74, 6) is -1.86. The number of rotatable bonds is 6. The molecule has 1 amide bonds. The first kappa shape index (κ1) is 19.3. The van der Waals surface area contributed by atoms with Crippen molar-refractivity contribution in [2.45, 2.75) is 20.5 Å². The number of nitrogen functional groups attached to an aromatic ring is 1. The summed E-state index contributed by atoms with van der Waals surface area (Å²) in [5.41, 5.74) is 6.76. The normalized spacial score (nSPS) is 10.3. The van der Waals surface area contributed by atoms with Crippen molar-refractivity contribution >= 4 is 34.2 Å². The van der Waals surface area contributed by atoms with E-state index in [1.54, 1.807) is 13.8 Å². The quantitative estimate of drug-likeness (QED) is 0.719. The summed E-state index contributed by atoms with van der Waals surface area (Å²) in [4.78, 5) is 44.4. The third kappa shape index (κ3) is 4.14. The third-order valence-corrected chi connectivity index (χ3v) is 4.34. The number of hydrogen-bond donors (Lipinski definition) is 2. The zero-order valence-electron chi connectivity index (χ0n) is 14.5. The summed E-state index contributed by atoms with van der Waals surface area (Å²) in [6.07, 6.45) is 2.71. The van der Waals surface area contributed by atoms with Gasteiger partial charge in [-0.1, -0.05) is 0 Å². The number of carbonyl (C=O) groups is 3. The molecule has 0 aliphatic rings. The summed E-state index contributed by atoms with van der Waals surface area (Å²) >= 11 is 0.923. The number of anilines is 1. The molecule has 9 nitrogen and oxygen atoms in total. The van der Waals surface area contributed by atoms with Gasteiger partial charge in [0.2, 0.25) is 0 Å². The summed E-state index contributed by atoms with van der Waals surface area (Å²) in [6, 6.07) is 0. The smallest absolute Gasteiger partial charge is 0.358 e. The van der Waals surface area contributed by atoms with Crippen LogP contribution in [0.25, 0.3) is 0 Å². The zero-order chi connectivity index (χ0) is 19.3. The van der Waals surface area contributed by atoms with Crippen LogP contribution in [0.2, 0.25) is 0 Å². The Hall–Kier alpha value is -3.01. The second kappa shape index (κ2) is 8.39. The number of aromatic nitrogens is 2. The van der Waals surface area contributed by atoms with E-state index in [0.717, 1.165) is 11.3 Å². The summed E-state index contributed by atoms with van der Waals surface area (Å²) in [7, 11) is 1.44. The maximum Gasteiger partial charge on any atom is 0.358 e. The number of nitrogens with zero attached hydrogens (tertiary/aromatic N) is 2. The van der Waals surface area contributed by atoms with Gasteiger partial charge in [0.1, 0.15) is 22.0 Å². The predicted octanol–water partition coefficient (Wildman–Crippen LogP) is 1.32. The largest absolute Gasteiger partial charge is 0.462 e. The second-order valence-corrected chi connectivity index (χ2v) is 6.12. The molecule has 26 heavy (non-hydrogen) atoms. The van der Waals surface area contributed by atoms with Gasteiger partial charge in [0, 0.05) is 18.8 Å². The second-order valence-electron chi connectivity index (χ2n) is 5.07. The van der Waals surface area contributed by atoms with E-state index in [9.17, 15) is 14.4 Å². The Morgan fingerprint density at radius 3 is 2.50 bits per heavy atom. The average Bonchev–Trinajstić information content (AvgIpc) is 2.96. The van der Waals surface area contributed by atoms with Gasteiger partial charge in [0.15, 0.2) is 5.69 Å². The first-order chi connectivity index (χ1) is 12.4. The van der Waals surface area contributed by atoms with Gasteiger partial charge in [-0.05, 0) is 13.8 Å². The van der Waals surface area contributed by atoms with Gasteiger partial charge in [-0.3, -0.25) is 9.78 Å². The standard InChI is InChI=1S/C16H18N4O5S/c1-4-24-16(23)11-9(12(14(21)18-3)26-13(11)17)7-25-15(22)10-6-19-8(2)5-20-10/h5-6H,4,7,17H2,1-3H3,(H,18,21). The minimum Gasteiger partial charge on any atom is -0.462 e. The molecule has 0 saturated carbocycles. The lowest BCUT2D eigenvalue weighted by Gasteiger charge is -2.08. The molecule has 2 heterocycles. The Kier molecular flexibility index (Phi) is 6.23. The Morgan fingerprint density at radius 1 is 1.19 bits per heavy atom. The predicted molar refractivity (Wildman–Crippen MR) is 94.0 cm³/mol. The van der Waals surface area contributed by atoms with Crippen LogP contribution in [0, 0.1) is 6.92 Å². The van der Waals surface area contributed by atoms with Gasteiger partial charge in [-0.2, -0.15) is 0 Å². The van der Waals surface area contributed by atoms with Crippen LogP contribution in [0.4, 0.5) is 5.00 Å². The van der Waals surface area contributed by atoms with Gasteiger partial charge in [0.05, 0.1) is 18.5 Å². The molecule has 0 saturated heterocycles. The first-order valence-corrected chi connectivity index (χ1v) is 8.46. The summed E-state index contributed by atoms with van der Waals surface area (Å²) in [6.45, 7) is 3.19. The Labute approximate surface area is 153 Å². The molecule has 0 aliphatic heterocycles. The molecule has 3 N–H and O–H groups in total. The Bertz CT molecular complexity index is 832. The number of amides is 1. The molecule has 138 valence electrons. The van der Waals surface area contributed by atoms with Crippen molar-refractivity contribution in [3.05, 3.63) is 39.8 Å². The van der Waals surface area contributed by atoms with Gasteiger partial charge < -0.3 is 20.5 Å². The van der Waals surface area contributed by atoms with E-state index in [1.807, 2.05) is 0 Å². The molecule has 2 aromatic heterocycles. The molecule has 0 bridgehead atoms. The fourth-order valence-corrected chi connectivity index (χ4v) is 3.06. The van der Waals surface area contributed by atoms with Gasteiger partial charge in [-0.15, -0.1) is 11.3 Å². The van der Waals surface area contributed by atoms with Gasteiger partial charge >= 0.3 is 11.9 Å². The highest BCUT2D eigenvalue weighted by Gasteiger charge is 2.27. The number of nitrogens with two attached hydrogens (primary N) is 1. The average molecular weight is 378 g/mol. The molecule has 0 aliphatic carbocycles. The number of carbonyl (C=O) groups excluding carboxylic acids is 3. The molecule has 2 aromatic rings. The number of nitrogens with one attached hydrogen (secondary N) is 1. The van der Waals surface area contributed by atoms with E-state index in [-0.39, 0.29) is 39.9 Å². The lowest BCUT2D eigenvalue weighted by atomic mass is 10.1. The number of thiophene rings is 1. The van der Waals surface area contributed by atoms with Crippen LogP contribution in [0.1, 0.15) is 48.7 Å². The van der Waals surface area contributed by atoms with Crippen molar-refractivity contribution < 1.29 is 23.9 Å². The highest BCUT2D eigenvalue weighted by Crippen LogP contribution is 2.32. The molecular weight excluding hydrogens is 360 g/mol. The van der Waals surface area contributed by atoms with Gasteiger partial charge in [-0.25, -0.2) is 14.6 Å². The molecule has 0 fully saturated rings. The molecule has 2 rings (SSSR count). The number of aryl methyl sites for hydroxylation is 1. The lowest BCUT2D eigenvalue weighted by Crippen LogP contribution is -2.20. The minimum atomic E-state index is -0.736. The van der Waals surface area contributed by atoms with E-state index >= 15 is 0 Å². The number of esters is 2. The lowest BCUT2D eigenvalue weighted by molar-refractivity contribution is 0.0443. The van der Waals surface area contributed by atoms with Crippen molar-refractivity contribution in [3.8, 4) is 0 Å². The molecule has 10 heteroatoms. The van der Waals surface area contributed by atoms with Crippen molar-refractivity contribution in [2.24, 2.45) is 0 Å². The highest BCUT2D eigenvalue weighted by molar-refractivity contribution is 7.18. The van der Waals surface area contributed by atoms with Crippen LogP contribution >= 0.6 is 11.3 Å². The fourth-order valence-electron chi connectivity index (χ4n) is 2.06. The van der Waals surface area contributed by atoms with Crippen LogP contribution in [0.3, 0.4) is 0 Å². The van der Waals surface area contributed by atoms with Crippen molar-refractivity contribution in [1.29, 1.82) is 0 Å². The maximum atomic E-state index is 12.2. The zero-order valence-corrected chi connectivity index (χ0v) is 15.3. The highest BCUT2D eigenvalue weighted by atomic mass is 32.1. The SMILES string of the molecule is CCOC(=O)c1c(N)sc(C(=O)NC)c1COC(=O)c1cnc(C)cn1. The van der Waals surface area contributed by atoms with Crippen molar-refractivity contribution in [1.82, 2.24) is 15.3 Å². The summed E-state index contributed by atoms with van der Waals surface area (Å²) < 4.78 is 10.2.